The summed E-state index contributed by atoms with van der Waals surface area (Å²) in [6.45, 7) is 2.05. The standard InChI is InChI=1S/C12H10Br2FNS/c1-7(11-4-5-12(14)17-11)16-10-6-8(15)2-3-9(10)13/h2-7,16H,1H3. The summed E-state index contributed by atoms with van der Waals surface area (Å²) in [4.78, 5) is 1.20. The van der Waals surface area contributed by atoms with Crippen molar-refractivity contribution in [2.24, 2.45) is 0 Å². The number of benzene rings is 1. The van der Waals surface area contributed by atoms with Crippen molar-refractivity contribution in [3.63, 3.8) is 0 Å². The summed E-state index contributed by atoms with van der Waals surface area (Å²) in [6.07, 6.45) is 0. The van der Waals surface area contributed by atoms with Crippen LogP contribution in [-0.4, -0.2) is 0 Å². The molecule has 1 heterocycles. The highest BCUT2D eigenvalue weighted by Gasteiger charge is 2.10. The number of nitrogens with one attached hydrogen (secondary N) is 1. The Labute approximate surface area is 120 Å². The summed E-state index contributed by atoms with van der Waals surface area (Å²) in [6, 6.07) is 8.84. The maximum absolute atomic E-state index is 13.1. The SMILES string of the molecule is CC(Nc1cc(F)ccc1Br)c1ccc(Br)s1. The third kappa shape index (κ3) is 3.30. The van der Waals surface area contributed by atoms with Crippen molar-refractivity contribution in [3.8, 4) is 0 Å². The van der Waals surface area contributed by atoms with Crippen LogP contribution in [-0.2, 0) is 0 Å². The molecule has 0 saturated heterocycles. The lowest BCUT2D eigenvalue weighted by Crippen LogP contribution is -2.05. The van der Waals surface area contributed by atoms with E-state index in [9.17, 15) is 4.39 Å². The molecule has 0 spiro atoms. The molecule has 0 aliphatic heterocycles. The van der Waals surface area contributed by atoms with E-state index in [4.69, 9.17) is 0 Å². The molecule has 1 unspecified atom stereocenters. The van der Waals surface area contributed by atoms with Crippen molar-refractivity contribution in [1.29, 1.82) is 0 Å². The molecule has 1 aromatic heterocycles. The Morgan fingerprint density at radius 2 is 2.00 bits per heavy atom. The van der Waals surface area contributed by atoms with E-state index in [1.165, 1.54) is 17.0 Å². The van der Waals surface area contributed by atoms with Gasteiger partial charge in [-0.2, -0.15) is 0 Å². The van der Waals surface area contributed by atoms with Crippen LogP contribution in [0.25, 0.3) is 0 Å². The van der Waals surface area contributed by atoms with Gasteiger partial charge in [-0.3, -0.25) is 0 Å². The zero-order chi connectivity index (χ0) is 12.4. The summed E-state index contributed by atoms with van der Waals surface area (Å²) in [5, 5.41) is 3.28. The molecule has 0 aliphatic carbocycles. The first-order chi connectivity index (χ1) is 8.06. The van der Waals surface area contributed by atoms with Crippen LogP contribution in [0.4, 0.5) is 10.1 Å². The summed E-state index contributed by atoms with van der Waals surface area (Å²) in [5.41, 5.74) is 0.766. The van der Waals surface area contributed by atoms with Gasteiger partial charge in [-0.15, -0.1) is 11.3 Å². The number of halogens is 3. The third-order valence-electron chi connectivity index (χ3n) is 2.32. The second-order valence-corrected chi connectivity index (χ2v) is 6.98. The van der Waals surface area contributed by atoms with Gasteiger partial charge in [0.2, 0.25) is 0 Å². The molecule has 0 saturated carbocycles. The molecule has 2 rings (SSSR count). The number of rotatable bonds is 3. The van der Waals surface area contributed by atoms with Crippen molar-refractivity contribution in [3.05, 3.63) is 49.3 Å². The molecule has 0 amide bonds. The minimum Gasteiger partial charge on any atom is -0.377 e. The molecule has 0 fully saturated rings. The lowest BCUT2D eigenvalue weighted by molar-refractivity contribution is 0.627. The first kappa shape index (κ1) is 13.1. The van der Waals surface area contributed by atoms with Gasteiger partial charge in [-0.1, -0.05) is 0 Å². The van der Waals surface area contributed by atoms with Gasteiger partial charge in [0.05, 0.1) is 15.5 Å². The Morgan fingerprint density at radius 1 is 1.24 bits per heavy atom. The first-order valence-corrected chi connectivity index (χ1v) is 7.43. The molecule has 90 valence electrons. The summed E-state index contributed by atoms with van der Waals surface area (Å²) < 4.78 is 15.1. The van der Waals surface area contributed by atoms with Gasteiger partial charge in [0, 0.05) is 9.35 Å². The van der Waals surface area contributed by atoms with Crippen LogP contribution >= 0.6 is 43.2 Å². The van der Waals surface area contributed by atoms with Crippen LogP contribution in [0.2, 0.25) is 0 Å². The second-order valence-electron chi connectivity index (χ2n) is 3.63. The topological polar surface area (TPSA) is 12.0 Å². The number of hydrogen-bond acceptors (Lipinski definition) is 2. The number of thiophene rings is 1. The Bertz CT molecular complexity index is 527. The largest absolute Gasteiger partial charge is 0.377 e. The van der Waals surface area contributed by atoms with Crippen LogP contribution in [0.1, 0.15) is 17.8 Å². The van der Waals surface area contributed by atoms with Crippen LogP contribution < -0.4 is 5.32 Å². The molecule has 1 atom stereocenters. The minimum absolute atomic E-state index is 0.143. The Morgan fingerprint density at radius 3 is 2.65 bits per heavy atom. The van der Waals surface area contributed by atoms with Crippen molar-refractivity contribution in [1.82, 2.24) is 0 Å². The predicted octanol–water partition coefficient (Wildman–Crippen LogP) is 5.59. The molecule has 0 bridgehead atoms. The van der Waals surface area contributed by atoms with E-state index in [1.54, 1.807) is 17.4 Å². The van der Waals surface area contributed by atoms with Crippen molar-refractivity contribution >= 4 is 48.9 Å². The van der Waals surface area contributed by atoms with Gasteiger partial charge in [-0.25, -0.2) is 4.39 Å². The molecule has 17 heavy (non-hydrogen) atoms. The molecule has 0 radical (unpaired) electrons. The molecular weight excluding hydrogens is 369 g/mol. The average Bonchev–Trinajstić information content (AvgIpc) is 2.70. The second kappa shape index (κ2) is 5.50. The van der Waals surface area contributed by atoms with Gasteiger partial charge in [0.25, 0.3) is 0 Å². The number of hydrogen-bond donors (Lipinski definition) is 1. The van der Waals surface area contributed by atoms with Crippen molar-refractivity contribution in [2.45, 2.75) is 13.0 Å². The van der Waals surface area contributed by atoms with Crippen molar-refractivity contribution < 1.29 is 4.39 Å². The highest BCUT2D eigenvalue weighted by molar-refractivity contribution is 9.11. The molecule has 1 nitrogen and oxygen atoms in total. The van der Waals surface area contributed by atoms with Crippen LogP contribution in [0.15, 0.2) is 38.6 Å². The monoisotopic (exact) mass is 377 g/mol. The summed E-state index contributed by atoms with van der Waals surface area (Å²) in [5.74, 6) is -0.240. The summed E-state index contributed by atoms with van der Waals surface area (Å²) in [7, 11) is 0. The molecule has 2 aromatic rings. The van der Waals surface area contributed by atoms with E-state index in [-0.39, 0.29) is 11.9 Å². The predicted molar refractivity (Wildman–Crippen MR) is 78.2 cm³/mol. The first-order valence-electron chi connectivity index (χ1n) is 5.03. The average molecular weight is 379 g/mol. The van der Waals surface area contributed by atoms with Crippen LogP contribution in [0.5, 0.6) is 0 Å². The Kier molecular flexibility index (Phi) is 4.22. The Balaban J connectivity index is 2.18. The van der Waals surface area contributed by atoms with Gasteiger partial charge in [0.1, 0.15) is 5.82 Å². The molecule has 0 aliphatic rings. The fraction of sp³-hybridized carbons (Fsp3) is 0.167. The fourth-order valence-electron chi connectivity index (χ4n) is 1.47. The van der Waals surface area contributed by atoms with Crippen LogP contribution in [0.3, 0.4) is 0 Å². The highest BCUT2D eigenvalue weighted by atomic mass is 79.9. The van der Waals surface area contributed by atoms with Crippen molar-refractivity contribution in [2.75, 3.05) is 5.32 Å². The minimum atomic E-state index is -0.240. The zero-order valence-corrected chi connectivity index (χ0v) is 13.0. The number of anilines is 1. The highest BCUT2D eigenvalue weighted by Crippen LogP contribution is 2.31. The van der Waals surface area contributed by atoms with E-state index in [2.05, 4.69) is 50.2 Å². The lowest BCUT2D eigenvalue weighted by Gasteiger charge is -2.15. The van der Waals surface area contributed by atoms with Gasteiger partial charge in [-0.05, 0) is 69.1 Å². The van der Waals surface area contributed by atoms with Gasteiger partial charge in [0.15, 0.2) is 0 Å². The van der Waals surface area contributed by atoms with Gasteiger partial charge >= 0.3 is 0 Å². The normalized spacial score (nSPS) is 12.5. The van der Waals surface area contributed by atoms with E-state index in [0.29, 0.717) is 0 Å². The maximum atomic E-state index is 13.1. The molecular formula is C12H10Br2FNS. The molecule has 1 N–H and O–H groups in total. The van der Waals surface area contributed by atoms with Gasteiger partial charge < -0.3 is 5.32 Å². The lowest BCUT2D eigenvalue weighted by atomic mass is 10.2. The fourth-order valence-corrected chi connectivity index (χ4v) is 3.26. The van der Waals surface area contributed by atoms with E-state index < -0.39 is 0 Å². The molecule has 1 aromatic carbocycles. The summed E-state index contributed by atoms with van der Waals surface area (Å²) >= 11 is 8.51. The quantitative estimate of drug-likeness (QED) is 0.734. The van der Waals surface area contributed by atoms with E-state index in [1.807, 2.05) is 6.07 Å². The molecule has 5 heteroatoms. The van der Waals surface area contributed by atoms with E-state index in [0.717, 1.165) is 13.9 Å². The maximum Gasteiger partial charge on any atom is 0.125 e. The van der Waals surface area contributed by atoms with Crippen LogP contribution in [0, 0.1) is 5.82 Å². The van der Waals surface area contributed by atoms with E-state index >= 15 is 0 Å². The Hall–Kier alpha value is -0.390. The smallest absolute Gasteiger partial charge is 0.125 e. The third-order valence-corrected chi connectivity index (χ3v) is 4.82. The zero-order valence-electron chi connectivity index (χ0n) is 9.01.